The zero-order valence-corrected chi connectivity index (χ0v) is 17.0. The van der Waals surface area contributed by atoms with Gasteiger partial charge < -0.3 is 14.6 Å². The summed E-state index contributed by atoms with van der Waals surface area (Å²) in [4.78, 5) is 16.4. The van der Waals surface area contributed by atoms with Crippen LogP contribution in [0, 0.1) is 23.3 Å². The number of aliphatic hydroxyl groups is 2. The zero-order valence-electron chi connectivity index (χ0n) is 17.0. The maximum absolute atomic E-state index is 14.5. The van der Waals surface area contributed by atoms with Crippen LogP contribution in [0.1, 0.15) is 12.8 Å². The second-order valence-corrected chi connectivity index (χ2v) is 7.45. The molecule has 0 aliphatic heterocycles. The van der Waals surface area contributed by atoms with Gasteiger partial charge in [-0.05, 0) is 37.3 Å². The molecule has 4 aromatic rings. The number of hydrogen-bond donors (Lipinski definition) is 2. The highest BCUT2D eigenvalue weighted by Crippen LogP contribution is 2.37. The Kier molecular flexibility index (Phi) is 5.64. The van der Waals surface area contributed by atoms with Gasteiger partial charge in [-0.2, -0.15) is 0 Å². The van der Waals surface area contributed by atoms with Crippen molar-refractivity contribution < 1.29 is 32.2 Å². The smallest absolute Gasteiger partial charge is 0.255 e. The Labute approximate surface area is 184 Å². The van der Waals surface area contributed by atoms with Crippen LogP contribution in [0.3, 0.4) is 0 Å². The number of benzene rings is 2. The van der Waals surface area contributed by atoms with E-state index < -0.39 is 52.6 Å². The van der Waals surface area contributed by atoms with E-state index in [1.807, 2.05) is 0 Å². The standard InChI is InChI=1S/C23H16F4N2O4/c1-23(32,11-30)22-28-19(14-7-6-13(24)9-17(14)27)21(33-22)12-5-8-18(31)29(10-12)20-15(25)3-2-4-16(20)26/h2-10,30,32H,11H2,1H3/t23-/m1/s1. The first-order chi connectivity index (χ1) is 15.6. The SMILES string of the molecule is C[C@@](O)(CO)c1nc(-c2ccc(F)cc2F)c(-c2ccc(=O)n(-c3c(F)cccc3F)c2)o1. The Bertz CT molecular complexity index is 1390. The van der Waals surface area contributed by atoms with Gasteiger partial charge in [-0.25, -0.2) is 22.5 Å². The summed E-state index contributed by atoms with van der Waals surface area (Å²) in [5.74, 6) is -4.41. The molecular weight excluding hydrogens is 444 g/mol. The summed E-state index contributed by atoms with van der Waals surface area (Å²) in [6.07, 6.45) is 1.06. The van der Waals surface area contributed by atoms with Crippen LogP contribution in [0.2, 0.25) is 0 Å². The van der Waals surface area contributed by atoms with Gasteiger partial charge in [0.15, 0.2) is 11.4 Å². The van der Waals surface area contributed by atoms with E-state index in [0.717, 1.165) is 42.6 Å². The molecule has 0 aliphatic rings. The first-order valence-corrected chi connectivity index (χ1v) is 9.60. The van der Waals surface area contributed by atoms with Gasteiger partial charge in [0.05, 0.1) is 6.61 Å². The van der Waals surface area contributed by atoms with Crippen molar-refractivity contribution >= 4 is 0 Å². The van der Waals surface area contributed by atoms with Gasteiger partial charge >= 0.3 is 0 Å². The summed E-state index contributed by atoms with van der Waals surface area (Å²) in [5, 5.41) is 19.8. The summed E-state index contributed by atoms with van der Waals surface area (Å²) in [5.41, 5.74) is -3.71. The monoisotopic (exact) mass is 460 g/mol. The van der Waals surface area contributed by atoms with E-state index in [4.69, 9.17) is 4.42 Å². The van der Waals surface area contributed by atoms with E-state index in [1.54, 1.807) is 0 Å². The number of aliphatic hydroxyl groups excluding tert-OH is 1. The lowest BCUT2D eigenvalue weighted by Crippen LogP contribution is -2.26. The molecule has 2 N–H and O–H groups in total. The molecule has 0 aliphatic carbocycles. The van der Waals surface area contributed by atoms with Gasteiger partial charge in [-0.3, -0.25) is 9.36 Å². The number of nitrogens with zero attached hydrogens (tertiary/aromatic N) is 2. The number of para-hydroxylation sites is 1. The first-order valence-electron chi connectivity index (χ1n) is 9.60. The van der Waals surface area contributed by atoms with Gasteiger partial charge in [0.2, 0.25) is 5.89 Å². The fourth-order valence-corrected chi connectivity index (χ4v) is 3.19. The molecule has 6 nitrogen and oxygen atoms in total. The molecule has 0 spiro atoms. The van der Waals surface area contributed by atoms with Crippen molar-refractivity contribution in [3.8, 4) is 28.3 Å². The fourth-order valence-electron chi connectivity index (χ4n) is 3.19. The number of hydrogen-bond acceptors (Lipinski definition) is 5. The maximum atomic E-state index is 14.5. The van der Waals surface area contributed by atoms with E-state index in [2.05, 4.69) is 4.98 Å². The molecule has 1 atom stereocenters. The molecule has 33 heavy (non-hydrogen) atoms. The van der Waals surface area contributed by atoms with Crippen LogP contribution < -0.4 is 5.56 Å². The lowest BCUT2D eigenvalue weighted by atomic mass is 10.1. The van der Waals surface area contributed by atoms with Crippen LogP contribution in [0.5, 0.6) is 0 Å². The zero-order chi connectivity index (χ0) is 23.9. The largest absolute Gasteiger partial charge is 0.437 e. The van der Waals surface area contributed by atoms with Crippen molar-refractivity contribution in [3.05, 3.63) is 94.2 Å². The second-order valence-electron chi connectivity index (χ2n) is 7.45. The molecule has 0 fully saturated rings. The lowest BCUT2D eigenvalue weighted by Gasteiger charge is -2.15. The molecule has 2 heterocycles. The Hall–Kier alpha value is -3.76. The van der Waals surface area contributed by atoms with E-state index >= 15 is 0 Å². The van der Waals surface area contributed by atoms with E-state index in [0.29, 0.717) is 10.6 Å². The minimum absolute atomic E-state index is 0.0449. The van der Waals surface area contributed by atoms with Gasteiger partial charge in [-0.15, -0.1) is 0 Å². The summed E-state index contributed by atoms with van der Waals surface area (Å²) in [7, 11) is 0. The molecule has 2 aromatic carbocycles. The van der Waals surface area contributed by atoms with E-state index in [-0.39, 0.29) is 22.6 Å². The molecule has 0 bridgehead atoms. The summed E-state index contributed by atoms with van der Waals surface area (Å²) < 4.78 is 62.9. The molecule has 0 saturated heterocycles. The highest BCUT2D eigenvalue weighted by molar-refractivity contribution is 5.77. The second kappa shape index (κ2) is 8.30. The average molecular weight is 460 g/mol. The molecular formula is C23H16F4N2O4. The molecule has 4 rings (SSSR count). The number of halogens is 4. The Morgan fingerprint density at radius 1 is 1.03 bits per heavy atom. The van der Waals surface area contributed by atoms with Gasteiger partial charge in [-0.1, -0.05) is 6.07 Å². The van der Waals surface area contributed by atoms with Crippen molar-refractivity contribution in [2.45, 2.75) is 12.5 Å². The number of oxazole rings is 1. The predicted molar refractivity (Wildman–Crippen MR) is 109 cm³/mol. The van der Waals surface area contributed by atoms with Gasteiger partial charge in [0.1, 0.15) is 34.7 Å². The van der Waals surface area contributed by atoms with Crippen molar-refractivity contribution in [3.63, 3.8) is 0 Å². The molecule has 0 unspecified atom stereocenters. The van der Waals surface area contributed by atoms with Crippen LogP contribution in [-0.4, -0.2) is 26.4 Å². The number of rotatable bonds is 5. The van der Waals surface area contributed by atoms with E-state index in [1.165, 1.54) is 13.0 Å². The van der Waals surface area contributed by atoms with Crippen LogP contribution >= 0.6 is 0 Å². The van der Waals surface area contributed by atoms with Crippen LogP contribution in [0.4, 0.5) is 17.6 Å². The summed E-state index contributed by atoms with van der Waals surface area (Å²) >= 11 is 0. The first kappa shape index (κ1) is 22.4. The van der Waals surface area contributed by atoms with Crippen molar-refractivity contribution in [2.24, 2.45) is 0 Å². The lowest BCUT2D eigenvalue weighted by molar-refractivity contribution is -0.0234. The Balaban J connectivity index is 1.98. The topological polar surface area (TPSA) is 88.5 Å². The predicted octanol–water partition coefficient (Wildman–Crippen LogP) is 3.92. The molecule has 170 valence electrons. The molecule has 0 radical (unpaired) electrons. The molecule has 0 amide bonds. The van der Waals surface area contributed by atoms with Crippen molar-refractivity contribution in [1.82, 2.24) is 9.55 Å². The third kappa shape index (κ3) is 4.06. The average Bonchev–Trinajstić information content (AvgIpc) is 3.21. The van der Waals surface area contributed by atoms with Gasteiger partial charge in [0.25, 0.3) is 5.56 Å². The van der Waals surface area contributed by atoms with Crippen molar-refractivity contribution in [1.29, 1.82) is 0 Å². The fraction of sp³-hybridized carbons (Fsp3) is 0.130. The molecule has 10 heteroatoms. The van der Waals surface area contributed by atoms with E-state index in [9.17, 15) is 32.6 Å². The molecule has 2 aromatic heterocycles. The number of pyridine rings is 1. The summed E-state index contributed by atoms with van der Waals surface area (Å²) in [6.45, 7) is 0.404. The maximum Gasteiger partial charge on any atom is 0.255 e. The third-order valence-electron chi connectivity index (χ3n) is 4.93. The number of aromatic nitrogens is 2. The van der Waals surface area contributed by atoms with Crippen LogP contribution in [0.15, 0.2) is 63.9 Å². The third-order valence-corrected chi connectivity index (χ3v) is 4.93. The highest BCUT2D eigenvalue weighted by Gasteiger charge is 2.32. The van der Waals surface area contributed by atoms with Crippen LogP contribution in [-0.2, 0) is 5.60 Å². The van der Waals surface area contributed by atoms with Crippen LogP contribution in [0.25, 0.3) is 28.3 Å². The normalized spacial score (nSPS) is 13.2. The molecule has 0 saturated carbocycles. The van der Waals surface area contributed by atoms with Gasteiger partial charge in [0, 0.05) is 29.5 Å². The minimum atomic E-state index is -1.96. The Morgan fingerprint density at radius 3 is 2.36 bits per heavy atom. The minimum Gasteiger partial charge on any atom is -0.437 e. The van der Waals surface area contributed by atoms with Crippen molar-refractivity contribution in [2.75, 3.05) is 6.61 Å². The quantitative estimate of drug-likeness (QED) is 0.441. The Morgan fingerprint density at radius 2 is 1.73 bits per heavy atom. The summed E-state index contributed by atoms with van der Waals surface area (Å²) in [6, 6.07) is 8.04. The highest BCUT2D eigenvalue weighted by atomic mass is 19.1.